The van der Waals surface area contributed by atoms with Crippen molar-refractivity contribution in [3.8, 4) is 11.5 Å². The Balaban J connectivity index is 1.42. The van der Waals surface area contributed by atoms with Crippen LogP contribution in [0.1, 0.15) is 21.5 Å². The average Bonchev–Trinajstić information content (AvgIpc) is 2.83. The Morgan fingerprint density at radius 2 is 1.66 bits per heavy atom. The second kappa shape index (κ2) is 11.0. The Morgan fingerprint density at radius 3 is 2.29 bits per heavy atom. The molecule has 10 heteroatoms. The molecular weight excluding hydrogens is 676 g/mol. The second-order valence-electron chi connectivity index (χ2n) is 7.44. The predicted octanol–water partition coefficient (Wildman–Crippen LogP) is 6.01. The van der Waals surface area contributed by atoms with Gasteiger partial charge in [-0.2, -0.15) is 5.10 Å². The molecule has 0 saturated carbocycles. The summed E-state index contributed by atoms with van der Waals surface area (Å²) in [4.78, 5) is 22.9. The molecule has 176 valence electrons. The van der Waals surface area contributed by atoms with Gasteiger partial charge in [-0.05, 0) is 103 Å². The molecular formula is C25H17I2N3O5. The number of rotatable bonds is 7. The maximum atomic E-state index is 12.5. The van der Waals surface area contributed by atoms with Gasteiger partial charge in [0.2, 0.25) is 0 Å². The van der Waals surface area contributed by atoms with Crippen molar-refractivity contribution in [1.82, 2.24) is 5.43 Å². The Hall–Kier alpha value is -3.26. The fourth-order valence-electron chi connectivity index (χ4n) is 3.30. The van der Waals surface area contributed by atoms with Crippen molar-refractivity contribution in [3.63, 3.8) is 0 Å². The molecule has 0 spiro atoms. The average molecular weight is 693 g/mol. The number of nitrogens with zero attached hydrogens (tertiary/aromatic N) is 2. The Bertz CT molecular complexity index is 1430. The van der Waals surface area contributed by atoms with Crippen LogP contribution in [0, 0.1) is 17.3 Å². The van der Waals surface area contributed by atoms with E-state index in [1.165, 1.54) is 18.3 Å². The van der Waals surface area contributed by atoms with E-state index in [9.17, 15) is 20.0 Å². The van der Waals surface area contributed by atoms with Crippen molar-refractivity contribution in [2.45, 2.75) is 6.61 Å². The number of nitrogens with one attached hydrogen (secondary N) is 1. The summed E-state index contributed by atoms with van der Waals surface area (Å²) >= 11 is 4.31. The van der Waals surface area contributed by atoms with Crippen molar-refractivity contribution < 1.29 is 19.6 Å². The van der Waals surface area contributed by atoms with Crippen LogP contribution in [-0.4, -0.2) is 22.2 Å². The van der Waals surface area contributed by atoms with E-state index in [2.05, 4.69) is 55.7 Å². The largest absolute Gasteiger partial charge is 0.507 e. The molecule has 0 bridgehead atoms. The molecule has 4 rings (SSSR count). The summed E-state index contributed by atoms with van der Waals surface area (Å²) in [6.07, 6.45) is 1.51. The number of non-ortho nitro benzene ring substituents is 1. The third-order valence-corrected chi connectivity index (χ3v) is 6.64. The summed E-state index contributed by atoms with van der Waals surface area (Å²) in [6.45, 7) is 0.267. The molecule has 2 N–H and O–H groups in total. The first-order valence-corrected chi connectivity index (χ1v) is 12.4. The van der Waals surface area contributed by atoms with Gasteiger partial charge in [0.1, 0.15) is 18.1 Å². The molecule has 0 radical (unpaired) electrons. The summed E-state index contributed by atoms with van der Waals surface area (Å²) in [5, 5.41) is 26.7. The number of carbonyl (C=O) groups excluding carboxylic acids is 1. The van der Waals surface area contributed by atoms with E-state index in [0.29, 0.717) is 5.75 Å². The zero-order valence-corrected chi connectivity index (χ0v) is 22.3. The van der Waals surface area contributed by atoms with E-state index >= 15 is 0 Å². The number of nitro groups is 1. The van der Waals surface area contributed by atoms with Crippen LogP contribution in [0.3, 0.4) is 0 Å². The number of phenolic OH excluding ortho intramolecular Hbond substituents is 1. The van der Waals surface area contributed by atoms with Crippen LogP contribution in [0.2, 0.25) is 0 Å². The van der Waals surface area contributed by atoms with Crippen LogP contribution in [0.25, 0.3) is 10.8 Å². The van der Waals surface area contributed by atoms with Crippen molar-refractivity contribution in [3.05, 3.63) is 107 Å². The molecule has 0 heterocycles. The smallest absolute Gasteiger partial charge is 0.275 e. The maximum absolute atomic E-state index is 12.5. The fraction of sp³-hybridized carbons (Fsp3) is 0.0400. The Morgan fingerprint density at radius 1 is 1.03 bits per heavy atom. The van der Waals surface area contributed by atoms with Crippen LogP contribution in [0.4, 0.5) is 5.69 Å². The van der Waals surface area contributed by atoms with Crippen LogP contribution in [0.15, 0.2) is 77.9 Å². The molecule has 35 heavy (non-hydrogen) atoms. The second-order valence-corrected chi connectivity index (χ2v) is 9.77. The molecule has 0 aliphatic heterocycles. The van der Waals surface area contributed by atoms with Crippen molar-refractivity contribution in [2.75, 3.05) is 0 Å². The lowest BCUT2D eigenvalue weighted by molar-refractivity contribution is -0.384. The van der Waals surface area contributed by atoms with E-state index in [4.69, 9.17) is 4.74 Å². The third kappa shape index (κ3) is 6.06. The van der Waals surface area contributed by atoms with Gasteiger partial charge in [-0.3, -0.25) is 14.9 Å². The van der Waals surface area contributed by atoms with E-state index < -0.39 is 10.8 Å². The molecule has 0 atom stereocenters. The third-order valence-electron chi connectivity index (χ3n) is 5.04. The standard InChI is InChI=1S/C25H17I2N3O5/c26-21-9-16(10-22(27)24(21)35-14-15-5-7-19(8-6-15)30(33)34)13-28-29-25(32)20-11-17-3-1-2-4-18(17)12-23(20)31/h1-13,31H,14H2,(H,29,32). The predicted molar refractivity (Wildman–Crippen MR) is 150 cm³/mol. The number of hydrogen-bond donors (Lipinski definition) is 2. The molecule has 0 fully saturated rings. The highest BCUT2D eigenvalue weighted by atomic mass is 127. The van der Waals surface area contributed by atoms with Gasteiger partial charge >= 0.3 is 0 Å². The lowest BCUT2D eigenvalue weighted by Gasteiger charge is -2.11. The van der Waals surface area contributed by atoms with Crippen LogP contribution in [-0.2, 0) is 6.61 Å². The molecule has 4 aromatic carbocycles. The molecule has 8 nitrogen and oxygen atoms in total. The summed E-state index contributed by atoms with van der Waals surface area (Å²) < 4.78 is 7.62. The Kier molecular flexibility index (Phi) is 7.80. The van der Waals surface area contributed by atoms with Gasteiger partial charge in [0.05, 0.1) is 23.8 Å². The number of phenols is 1. The van der Waals surface area contributed by atoms with Crippen LogP contribution < -0.4 is 10.2 Å². The molecule has 0 saturated heterocycles. The van der Waals surface area contributed by atoms with Crippen LogP contribution >= 0.6 is 45.2 Å². The number of carbonyl (C=O) groups is 1. The summed E-state index contributed by atoms with van der Waals surface area (Å²) in [5.41, 5.74) is 4.19. The van der Waals surface area contributed by atoms with Crippen LogP contribution in [0.5, 0.6) is 11.5 Å². The number of aromatic hydroxyl groups is 1. The van der Waals surface area contributed by atoms with Gasteiger partial charge < -0.3 is 9.84 Å². The molecule has 4 aromatic rings. The number of ether oxygens (including phenoxy) is 1. The number of fused-ring (bicyclic) bond motifs is 1. The molecule has 0 aliphatic rings. The molecule has 1 amide bonds. The van der Waals surface area contributed by atoms with Gasteiger partial charge in [-0.1, -0.05) is 24.3 Å². The van der Waals surface area contributed by atoms with E-state index in [0.717, 1.165) is 29.0 Å². The number of hydrazone groups is 1. The van der Waals surface area contributed by atoms with E-state index in [-0.39, 0.29) is 23.6 Å². The summed E-state index contributed by atoms with van der Waals surface area (Å²) in [6, 6.07) is 20.6. The number of halogens is 2. The fourth-order valence-corrected chi connectivity index (χ4v) is 5.42. The number of hydrogen-bond acceptors (Lipinski definition) is 6. The first-order chi connectivity index (χ1) is 16.8. The van der Waals surface area contributed by atoms with Gasteiger partial charge in [0.15, 0.2) is 0 Å². The monoisotopic (exact) mass is 693 g/mol. The minimum Gasteiger partial charge on any atom is -0.507 e. The number of nitro benzene ring substituents is 1. The first-order valence-electron chi connectivity index (χ1n) is 10.2. The van der Waals surface area contributed by atoms with Crippen molar-refractivity contribution >= 4 is 73.8 Å². The summed E-state index contributed by atoms with van der Waals surface area (Å²) in [7, 11) is 0. The van der Waals surface area contributed by atoms with Crippen molar-refractivity contribution in [1.29, 1.82) is 0 Å². The quantitative estimate of drug-likeness (QED) is 0.107. The van der Waals surface area contributed by atoms with Gasteiger partial charge in [-0.25, -0.2) is 5.43 Å². The first kappa shape index (κ1) is 24.9. The molecule has 0 aliphatic carbocycles. The number of amides is 1. The normalized spacial score (nSPS) is 11.0. The highest BCUT2D eigenvalue weighted by Crippen LogP contribution is 2.30. The molecule has 0 aromatic heterocycles. The zero-order valence-electron chi connectivity index (χ0n) is 17.9. The maximum Gasteiger partial charge on any atom is 0.275 e. The topological polar surface area (TPSA) is 114 Å². The van der Waals surface area contributed by atoms with E-state index in [1.807, 2.05) is 36.4 Å². The Labute approximate surface area is 227 Å². The highest BCUT2D eigenvalue weighted by molar-refractivity contribution is 14.1. The van der Waals surface area contributed by atoms with Gasteiger partial charge in [0, 0.05) is 12.1 Å². The van der Waals surface area contributed by atoms with E-state index in [1.54, 1.807) is 24.3 Å². The zero-order chi connectivity index (χ0) is 24.9. The minimum atomic E-state index is -0.517. The van der Waals surface area contributed by atoms with Gasteiger partial charge in [0.25, 0.3) is 11.6 Å². The highest BCUT2D eigenvalue weighted by Gasteiger charge is 2.13. The minimum absolute atomic E-state index is 0.0319. The number of benzene rings is 4. The lowest BCUT2D eigenvalue weighted by atomic mass is 10.1. The molecule has 0 unspecified atom stereocenters. The van der Waals surface area contributed by atoms with Crippen molar-refractivity contribution in [2.24, 2.45) is 5.10 Å². The lowest BCUT2D eigenvalue weighted by Crippen LogP contribution is -2.17. The SMILES string of the molecule is O=C(NN=Cc1cc(I)c(OCc2ccc([N+](=O)[O-])cc2)c(I)c1)c1cc2ccccc2cc1O. The summed E-state index contributed by atoms with van der Waals surface area (Å²) in [5.74, 6) is 0.0544. The van der Waals surface area contributed by atoms with Gasteiger partial charge in [-0.15, -0.1) is 0 Å².